The Hall–Kier alpha value is -1.33. The molecule has 1 aliphatic carbocycles. The highest BCUT2D eigenvalue weighted by molar-refractivity contribution is 7.22. The Morgan fingerprint density at radius 2 is 2.28 bits per heavy atom. The van der Waals surface area contributed by atoms with E-state index in [2.05, 4.69) is 10.3 Å². The molecule has 96 valence electrons. The number of benzene rings is 1. The van der Waals surface area contributed by atoms with Gasteiger partial charge in [-0.2, -0.15) is 0 Å². The zero-order valence-electron chi connectivity index (χ0n) is 10.1. The number of fused-ring (bicyclic) bond motifs is 1. The average molecular weight is 263 g/mol. The summed E-state index contributed by atoms with van der Waals surface area (Å²) in [6.45, 7) is 1.18. The van der Waals surface area contributed by atoms with Crippen molar-refractivity contribution in [1.29, 1.82) is 0 Å². The molecule has 0 atom stereocenters. The molecule has 4 N–H and O–H groups in total. The maximum absolute atomic E-state index is 9.03. The third kappa shape index (κ3) is 2.28. The Labute approximate surface area is 110 Å². The lowest BCUT2D eigenvalue weighted by Crippen LogP contribution is -2.16. The maximum Gasteiger partial charge on any atom is 0.183 e. The second kappa shape index (κ2) is 4.40. The minimum atomic E-state index is 0.276. The van der Waals surface area contributed by atoms with Crippen LogP contribution >= 0.6 is 11.3 Å². The third-order valence-electron chi connectivity index (χ3n) is 3.63. The van der Waals surface area contributed by atoms with E-state index < -0.39 is 0 Å². The van der Waals surface area contributed by atoms with Gasteiger partial charge < -0.3 is 16.2 Å². The standard InChI is InChI=1S/C13H17N3OS/c14-9-1-2-10-11(7-9)18-12(16-10)15-8-13(3-4-13)5-6-17/h1-2,7,17H,3-6,8,14H2,(H,15,16). The van der Waals surface area contributed by atoms with E-state index in [9.17, 15) is 0 Å². The van der Waals surface area contributed by atoms with Gasteiger partial charge in [0.25, 0.3) is 0 Å². The predicted octanol–water partition coefficient (Wildman–Crippen LogP) is 2.45. The van der Waals surface area contributed by atoms with Crippen LogP contribution in [0.25, 0.3) is 10.2 Å². The highest BCUT2D eigenvalue weighted by atomic mass is 32.1. The predicted molar refractivity (Wildman–Crippen MR) is 75.9 cm³/mol. The lowest BCUT2D eigenvalue weighted by Gasteiger charge is -2.13. The molecule has 1 fully saturated rings. The van der Waals surface area contributed by atoms with Gasteiger partial charge in [-0.15, -0.1) is 0 Å². The van der Waals surface area contributed by atoms with Crippen LogP contribution in [-0.4, -0.2) is 23.2 Å². The first-order chi connectivity index (χ1) is 8.71. The molecule has 2 aromatic rings. The second-order valence-electron chi connectivity index (χ2n) is 5.07. The van der Waals surface area contributed by atoms with E-state index in [4.69, 9.17) is 10.8 Å². The fraction of sp³-hybridized carbons (Fsp3) is 0.462. The Bertz CT molecular complexity index is 562. The Morgan fingerprint density at radius 1 is 1.44 bits per heavy atom. The number of anilines is 2. The molecule has 0 unspecified atom stereocenters. The molecular formula is C13H17N3OS. The van der Waals surface area contributed by atoms with Gasteiger partial charge in [0.15, 0.2) is 5.13 Å². The summed E-state index contributed by atoms with van der Waals surface area (Å²) in [4.78, 5) is 4.53. The summed E-state index contributed by atoms with van der Waals surface area (Å²) in [7, 11) is 0. The smallest absolute Gasteiger partial charge is 0.183 e. The van der Waals surface area contributed by atoms with Gasteiger partial charge in [0.1, 0.15) is 0 Å². The zero-order valence-corrected chi connectivity index (χ0v) is 11.0. The van der Waals surface area contributed by atoms with Gasteiger partial charge in [-0.3, -0.25) is 0 Å². The van der Waals surface area contributed by atoms with Crippen LogP contribution in [0.3, 0.4) is 0 Å². The van der Waals surface area contributed by atoms with Gasteiger partial charge in [-0.05, 0) is 42.9 Å². The molecule has 1 aliphatic rings. The first-order valence-corrected chi connectivity index (χ1v) is 7.03. The SMILES string of the molecule is Nc1ccc2nc(NCC3(CCO)CC3)sc2c1. The number of nitrogen functional groups attached to an aromatic ring is 1. The van der Waals surface area contributed by atoms with Crippen LogP contribution in [0.1, 0.15) is 19.3 Å². The minimum Gasteiger partial charge on any atom is -0.399 e. The van der Waals surface area contributed by atoms with Crippen LogP contribution in [0.15, 0.2) is 18.2 Å². The van der Waals surface area contributed by atoms with Gasteiger partial charge in [0.05, 0.1) is 10.2 Å². The van der Waals surface area contributed by atoms with Crippen LogP contribution in [0.2, 0.25) is 0 Å². The number of thiazole rings is 1. The minimum absolute atomic E-state index is 0.276. The van der Waals surface area contributed by atoms with Crippen LogP contribution in [0, 0.1) is 5.41 Å². The van der Waals surface area contributed by atoms with Crippen molar-refractivity contribution in [2.24, 2.45) is 5.41 Å². The molecule has 0 radical (unpaired) electrons. The molecule has 0 saturated heterocycles. The summed E-state index contributed by atoms with van der Waals surface area (Å²) in [6, 6.07) is 5.78. The molecule has 1 aromatic carbocycles. The number of nitrogens with two attached hydrogens (primary N) is 1. The van der Waals surface area contributed by atoms with Crippen molar-refractivity contribution in [3.05, 3.63) is 18.2 Å². The normalized spacial score (nSPS) is 16.9. The van der Waals surface area contributed by atoms with E-state index in [0.29, 0.717) is 5.41 Å². The maximum atomic E-state index is 9.03. The molecule has 5 heteroatoms. The lowest BCUT2D eigenvalue weighted by molar-refractivity contribution is 0.253. The average Bonchev–Trinajstić information content (AvgIpc) is 2.99. The van der Waals surface area contributed by atoms with Crippen molar-refractivity contribution < 1.29 is 5.11 Å². The largest absolute Gasteiger partial charge is 0.399 e. The fourth-order valence-electron chi connectivity index (χ4n) is 2.21. The summed E-state index contributed by atoms with van der Waals surface area (Å²) < 4.78 is 1.12. The van der Waals surface area contributed by atoms with E-state index >= 15 is 0 Å². The number of nitrogens with zero attached hydrogens (tertiary/aromatic N) is 1. The van der Waals surface area contributed by atoms with Gasteiger partial charge in [-0.25, -0.2) is 4.98 Å². The van der Waals surface area contributed by atoms with Crippen molar-refractivity contribution in [3.8, 4) is 0 Å². The molecule has 0 bridgehead atoms. The molecule has 0 amide bonds. The summed E-state index contributed by atoms with van der Waals surface area (Å²) in [5, 5.41) is 13.4. The second-order valence-corrected chi connectivity index (χ2v) is 6.10. The van der Waals surface area contributed by atoms with E-state index in [-0.39, 0.29) is 6.61 Å². The summed E-state index contributed by atoms with van der Waals surface area (Å²) in [5.74, 6) is 0. The third-order valence-corrected chi connectivity index (χ3v) is 4.60. The molecule has 4 nitrogen and oxygen atoms in total. The lowest BCUT2D eigenvalue weighted by atomic mass is 10.0. The number of aliphatic hydroxyl groups is 1. The summed E-state index contributed by atoms with van der Waals surface area (Å²) in [6.07, 6.45) is 3.30. The van der Waals surface area contributed by atoms with Gasteiger partial charge >= 0.3 is 0 Å². The highest BCUT2D eigenvalue weighted by Crippen LogP contribution is 2.48. The van der Waals surface area contributed by atoms with Crippen LogP contribution in [-0.2, 0) is 0 Å². The van der Waals surface area contributed by atoms with Crippen molar-refractivity contribution in [2.45, 2.75) is 19.3 Å². The Morgan fingerprint density at radius 3 is 3.00 bits per heavy atom. The van der Waals surface area contributed by atoms with E-state index in [0.717, 1.165) is 34.0 Å². The molecular weight excluding hydrogens is 246 g/mol. The summed E-state index contributed by atoms with van der Waals surface area (Å²) in [5.41, 5.74) is 7.83. The van der Waals surface area contributed by atoms with E-state index in [1.807, 2.05) is 18.2 Å². The molecule has 0 spiro atoms. The first-order valence-electron chi connectivity index (χ1n) is 6.22. The number of hydrogen-bond donors (Lipinski definition) is 3. The van der Waals surface area contributed by atoms with E-state index in [1.165, 1.54) is 12.8 Å². The molecule has 1 heterocycles. The van der Waals surface area contributed by atoms with Crippen LogP contribution in [0.5, 0.6) is 0 Å². The zero-order chi connectivity index (χ0) is 12.6. The van der Waals surface area contributed by atoms with Crippen molar-refractivity contribution >= 4 is 32.4 Å². The van der Waals surface area contributed by atoms with Gasteiger partial charge in [0, 0.05) is 18.8 Å². The molecule has 1 aromatic heterocycles. The fourth-order valence-corrected chi connectivity index (χ4v) is 3.12. The monoisotopic (exact) mass is 263 g/mol. The first kappa shape index (κ1) is 11.7. The van der Waals surface area contributed by atoms with Gasteiger partial charge in [0.2, 0.25) is 0 Å². The molecule has 1 saturated carbocycles. The van der Waals surface area contributed by atoms with Gasteiger partial charge in [-0.1, -0.05) is 11.3 Å². The summed E-state index contributed by atoms with van der Waals surface area (Å²) >= 11 is 1.63. The Kier molecular flexibility index (Phi) is 2.87. The Balaban J connectivity index is 1.71. The number of rotatable bonds is 5. The number of hydrogen-bond acceptors (Lipinski definition) is 5. The van der Waals surface area contributed by atoms with Crippen molar-refractivity contribution in [2.75, 3.05) is 24.2 Å². The van der Waals surface area contributed by atoms with E-state index in [1.54, 1.807) is 11.3 Å². The molecule has 3 rings (SSSR count). The molecule has 18 heavy (non-hydrogen) atoms. The van der Waals surface area contributed by atoms with Crippen LogP contribution < -0.4 is 11.1 Å². The highest BCUT2D eigenvalue weighted by Gasteiger charge is 2.41. The van der Waals surface area contributed by atoms with Crippen molar-refractivity contribution in [1.82, 2.24) is 4.98 Å². The number of aliphatic hydroxyl groups excluding tert-OH is 1. The topological polar surface area (TPSA) is 71.2 Å². The number of nitrogens with one attached hydrogen (secondary N) is 1. The number of aromatic nitrogens is 1. The van der Waals surface area contributed by atoms with Crippen molar-refractivity contribution in [3.63, 3.8) is 0 Å². The molecule has 0 aliphatic heterocycles. The van der Waals surface area contributed by atoms with Crippen LogP contribution in [0.4, 0.5) is 10.8 Å². The quantitative estimate of drug-likeness (QED) is 0.725.